The van der Waals surface area contributed by atoms with Crippen LogP contribution in [0, 0.1) is 0 Å². The smallest absolute Gasteiger partial charge is 0.407 e. The molecule has 0 saturated carbocycles. The first-order chi connectivity index (χ1) is 13.1. The molecular weight excluding hydrogens is 352 g/mol. The van der Waals surface area contributed by atoms with E-state index in [1.54, 1.807) is 6.20 Å². The lowest BCUT2D eigenvalue weighted by Gasteiger charge is -2.16. The van der Waals surface area contributed by atoms with Gasteiger partial charge in [-0.2, -0.15) is 0 Å². The second-order valence-corrected chi connectivity index (χ2v) is 5.65. The van der Waals surface area contributed by atoms with Crippen LogP contribution in [0.3, 0.4) is 0 Å². The third-order valence-electron chi connectivity index (χ3n) is 3.61. The van der Waals surface area contributed by atoms with E-state index in [9.17, 15) is 14.4 Å². The van der Waals surface area contributed by atoms with Crippen molar-refractivity contribution in [1.82, 2.24) is 26.0 Å². The maximum atomic E-state index is 12.0. The van der Waals surface area contributed by atoms with Gasteiger partial charge in [0.2, 0.25) is 5.91 Å². The van der Waals surface area contributed by atoms with Crippen LogP contribution in [0.2, 0.25) is 0 Å². The predicted octanol–water partition coefficient (Wildman–Crippen LogP) is -0.257. The van der Waals surface area contributed by atoms with Gasteiger partial charge in [0.15, 0.2) is 0 Å². The van der Waals surface area contributed by atoms with Gasteiger partial charge in [-0.1, -0.05) is 30.3 Å². The zero-order valence-electron chi connectivity index (χ0n) is 14.6. The standard InChI is InChI=1S/C17H22N6O4/c18-23-16(25)14(8-13-9-19-11-21-13)22-15(24)6-7-20-17(26)27-10-12-4-2-1-3-5-12/h1-5,9,11,14H,6-8,10,18H2,(H,19,21)(H,20,26)(H,22,24)(H,23,25)/t14-/m0/s1. The first-order valence-corrected chi connectivity index (χ1v) is 8.30. The van der Waals surface area contributed by atoms with Crippen molar-refractivity contribution < 1.29 is 19.1 Å². The molecule has 2 aromatic rings. The van der Waals surface area contributed by atoms with Crippen LogP contribution in [-0.4, -0.2) is 40.5 Å². The number of carbonyl (C=O) groups is 3. The molecule has 10 nitrogen and oxygen atoms in total. The van der Waals surface area contributed by atoms with Gasteiger partial charge in [0.25, 0.3) is 5.91 Å². The number of nitrogens with one attached hydrogen (secondary N) is 4. The molecule has 0 radical (unpaired) electrons. The van der Waals surface area contributed by atoms with E-state index in [0.717, 1.165) is 5.56 Å². The highest BCUT2D eigenvalue weighted by Crippen LogP contribution is 2.01. The minimum atomic E-state index is -0.854. The lowest BCUT2D eigenvalue weighted by molar-refractivity contribution is -0.129. The number of carbonyl (C=O) groups excluding carboxylic acids is 3. The summed E-state index contributed by atoms with van der Waals surface area (Å²) in [6, 6.07) is 8.38. The summed E-state index contributed by atoms with van der Waals surface area (Å²) < 4.78 is 5.04. The molecule has 0 spiro atoms. The van der Waals surface area contributed by atoms with Crippen molar-refractivity contribution in [3.8, 4) is 0 Å². The van der Waals surface area contributed by atoms with Crippen molar-refractivity contribution in [1.29, 1.82) is 0 Å². The number of rotatable bonds is 9. The lowest BCUT2D eigenvalue weighted by atomic mass is 10.1. The third-order valence-corrected chi connectivity index (χ3v) is 3.61. The number of nitrogens with zero attached hydrogens (tertiary/aromatic N) is 1. The second kappa shape index (κ2) is 10.6. The predicted molar refractivity (Wildman–Crippen MR) is 95.8 cm³/mol. The maximum absolute atomic E-state index is 12.0. The number of ether oxygens (including phenoxy) is 1. The molecule has 3 amide bonds. The van der Waals surface area contributed by atoms with Gasteiger partial charge in [-0.25, -0.2) is 15.6 Å². The lowest BCUT2D eigenvalue weighted by Crippen LogP contribution is -2.50. The van der Waals surface area contributed by atoms with Crippen LogP contribution in [0.15, 0.2) is 42.9 Å². The number of nitrogens with two attached hydrogens (primary N) is 1. The summed E-state index contributed by atoms with van der Waals surface area (Å²) in [6.45, 7) is 0.211. The van der Waals surface area contributed by atoms with Gasteiger partial charge in [-0.15, -0.1) is 0 Å². The average molecular weight is 374 g/mol. The quantitative estimate of drug-likeness (QED) is 0.232. The summed E-state index contributed by atoms with van der Waals surface area (Å²) in [5.41, 5.74) is 3.55. The summed E-state index contributed by atoms with van der Waals surface area (Å²) in [7, 11) is 0. The van der Waals surface area contributed by atoms with Crippen molar-refractivity contribution in [3.05, 3.63) is 54.1 Å². The van der Waals surface area contributed by atoms with Crippen molar-refractivity contribution >= 4 is 17.9 Å². The van der Waals surface area contributed by atoms with Gasteiger partial charge in [-0.3, -0.25) is 15.0 Å². The van der Waals surface area contributed by atoms with E-state index in [0.29, 0.717) is 5.69 Å². The number of amides is 3. The van der Waals surface area contributed by atoms with Gasteiger partial charge < -0.3 is 20.4 Å². The first kappa shape index (κ1) is 19.9. The Balaban J connectivity index is 1.70. The Labute approximate surface area is 155 Å². The molecule has 0 saturated heterocycles. The zero-order valence-corrected chi connectivity index (χ0v) is 14.6. The van der Waals surface area contributed by atoms with Crippen molar-refractivity contribution in [2.75, 3.05) is 6.54 Å². The Morgan fingerprint density at radius 3 is 2.67 bits per heavy atom. The molecule has 1 aromatic heterocycles. The number of aromatic amines is 1. The van der Waals surface area contributed by atoms with E-state index < -0.39 is 23.9 Å². The number of imidazole rings is 1. The van der Waals surface area contributed by atoms with Gasteiger partial charge in [0.1, 0.15) is 12.6 Å². The summed E-state index contributed by atoms with van der Waals surface area (Å²) in [5.74, 6) is 4.20. The molecule has 1 aromatic carbocycles. The van der Waals surface area contributed by atoms with Gasteiger partial charge >= 0.3 is 6.09 Å². The molecule has 0 aliphatic heterocycles. The van der Waals surface area contributed by atoms with E-state index in [4.69, 9.17) is 10.6 Å². The van der Waals surface area contributed by atoms with Crippen LogP contribution in [0.5, 0.6) is 0 Å². The molecule has 1 heterocycles. The maximum Gasteiger partial charge on any atom is 0.407 e. The molecule has 0 aliphatic rings. The van der Waals surface area contributed by atoms with Crippen LogP contribution in [0.25, 0.3) is 0 Å². The SMILES string of the molecule is NNC(=O)[C@H](Cc1cnc[nH]1)NC(=O)CCNC(=O)OCc1ccccc1. The molecule has 0 bridgehead atoms. The van der Waals surface area contributed by atoms with Gasteiger partial charge in [0, 0.05) is 31.3 Å². The summed E-state index contributed by atoms with van der Waals surface area (Å²) in [6.07, 6.45) is 2.59. The van der Waals surface area contributed by atoms with E-state index >= 15 is 0 Å². The van der Waals surface area contributed by atoms with Crippen molar-refractivity contribution in [2.24, 2.45) is 5.84 Å². The monoisotopic (exact) mass is 374 g/mol. The molecule has 27 heavy (non-hydrogen) atoms. The average Bonchev–Trinajstić information content (AvgIpc) is 3.19. The third kappa shape index (κ3) is 7.16. The van der Waals surface area contributed by atoms with E-state index in [2.05, 4.69) is 20.6 Å². The van der Waals surface area contributed by atoms with E-state index in [1.165, 1.54) is 6.33 Å². The Kier molecular flexibility index (Phi) is 7.79. The first-order valence-electron chi connectivity index (χ1n) is 8.30. The number of H-pyrrole nitrogens is 1. The van der Waals surface area contributed by atoms with Gasteiger partial charge in [-0.05, 0) is 5.56 Å². The Morgan fingerprint density at radius 2 is 2.00 bits per heavy atom. The van der Waals surface area contributed by atoms with E-state index in [1.807, 2.05) is 35.8 Å². The van der Waals surface area contributed by atoms with Gasteiger partial charge in [0.05, 0.1) is 6.33 Å². The normalized spacial score (nSPS) is 11.3. The molecule has 144 valence electrons. The highest BCUT2D eigenvalue weighted by Gasteiger charge is 2.21. The largest absolute Gasteiger partial charge is 0.445 e. The Morgan fingerprint density at radius 1 is 1.22 bits per heavy atom. The highest BCUT2D eigenvalue weighted by atomic mass is 16.5. The van der Waals surface area contributed by atoms with Crippen LogP contribution in [0.1, 0.15) is 17.7 Å². The zero-order chi connectivity index (χ0) is 19.5. The molecule has 0 fully saturated rings. The summed E-state index contributed by atoms with van der Waals surface area (Å²) >= 11 is 0. The van der Waals surface area contributed by atoms with Crippen LogP contribution in [-0.2, 0) is 27.4 Å². The summed E-state index contributed by atoms with van der Waals surface area (Å²) in [5, 5.41) is 5.05. The fourth-order valence-electron chi connectivity index (χ4n) is 2.24. The molecule has 6 N–H and O–H groups in total. The molecule has 10 heteroatoms. The Hall–Kier alpha value is -3.40. The van der Waals surface area contributed by atoms with Crippen molar-refractivity contribution in [2.45, 2.75) is 25.5 Å². The van der Waals surface area contributed by atoms with Crippen LogP contribution >= 0.6 is 0 Å². The number of hydrazine groups is 1. The Bertz CT molecular complexity index is 735. The number of aromatic nitrogens is 2. The topological polar surface area (TPSA) is 151 Å². The highest BCUT2D eigenvalue weighted by molar-refractivity contribution is 5.87. The van der Waals surface area contributed by atoms with Crippen molar-refractivity contribution in [3.63, 3.8) is 0 Å². The molecular formula is C17H22N6O4. The fraction of sp³-hybridized carbons (Fsp3) is 0.294. The molecule has 0 aliphatic carbocycles. The fourth-order valence-corrected chi connectivity index (χ4v) is 2.24. The molecule has 2 rings (SSSR count). The number of hydrogen-bond acceptors (Lipinski definition) is 6. The molecule has 1 atom stereocenters. The second-order valence-electron chi connectivity index (χ2n) is 5.65. The van der Waals surface area contributed by atoms with Crippen LogP contribution in [0.4, 0.5) is 4.79 Å². The van der Waals surface area contributed by atoms with Crippen LogP contribution < -0.4 is 21.9 Å². The minimum Gasteiger partial charge on any atom is -0.445 e. The number of benzene rings is 1. The summed E-state index contributed by atoms with van der Waals surface area (Å²) in [4.78, 5) is 42.1. The number of hydrogen-bond donors (Lipinski definition) is 5. The number of alkyl carbamates (subject to hydrolysis) is 1. The molecule has 0 unspecified atom stereocenters. The minimum absolute atomic E-state index is 0.0161. The van der Waals surface area contributed by atoms with E-state index in [-0.39, 0.29) is 26.0 Å².